The molecule has 0 saturated heterocycles. The molecule has 0 fully saturated rings. The third-order valence-electron chi connectivity index (χ3n) is 5.57. The number of nitrogens with zero attached hydrogens (tertiary/aromatic N) is 3. The summed E-state index contributed by atoms with van der Waals surface area (Å²) >= 11 is 9.79. The predicted molar refractivity (Wildman–Crippen MR) is 142 cm³/mol. The lowest BCUT2D eigenvalue weighted by Crippen LogP contribution is -2.15. The zero-order valence-corrected chi connectivity index (χ0v) is 22.0. The van der Waals surface area contributed by atoms with Crippen molar-refractivity contribution in [2.24, 2.45) is 10.2 Å². The van der Waals surface area contributed by atoms with Gasteiger partial charge >= 0.3 is 5.91 Å². The Morgan fingerprint density at radius 1 is 1.09 bits per heavy atom. The molecule has 1 N–H and O–H groups in total. The smallest absolute Gasteiger partial charge is 0.302 e. The van der Waals surface area contributed by atoms with Gasteiger partial charge in [-0.15, -0.1) is 10.2 Å². The van der Waals surface area contributed by atoms with Crippen molar-refractivity contribution in [1.82, 2.24) is 4.57 Å². The van der Waals surface area contributed by atoms with Gasteiger partial charge in [-0.25, -0.2) is 0 Å². The summed E-state index contributed by atoms with van der Waals surface area (Å²) in [7, 11) is 0. The zero-order chi connectivity index (χ0) is 25.2. The van der Waals surface area contributed by atoms with Crippen molar-refractivity contribution in [3.8, 4) is 11.6 Å². The van der Waals surface area contributed by atoms with Gasteiger partial charge in [-0.3, -0.25) is 4.79 Å². The molecule has 4 aromatic rings. The van der Waals surface area contributed by atoms with Crippen molar-refractivity contribution in [3.05, 3.63) is 87.4 Å². The number of carbonyl (C=O) groups excluding carboxylic acids is 1. The molecule has 1 aromatic heterocycles. The van der Waals surface area contributed by atoms with Crippen LogP contribution < -0.4 is 4.74 Å². The summed E-state index contributed by atoms with van der Waals surface area (Å²) in [6.07, 6.45) is 0. The second kappa shape index (κ2) is 10.2. The second-order valence-corrected chi connectivity index (χ2v) is 10.5. The molecule has 0 radical (unpaired) electrons. The van der Waals surface area contributed by atoms with Crippen molar-refractivity contribution >= 4 is 50.0 Å². The van der Waals surface area contributed by atoms with Crippen LogP contribution in [-0.4, -0.2) is 22.2 Å². The second-order valence-electron chi connectivity index (χ2n) is 9.14. The number of ether oxygens (including phenoxy) is 1. The number of hydrogen-bond donors (Lipinski definition) is 1. The Hall–Kier alpha value is -3.16. The standard InChI is InChI=1S/C27H25BrClN3O3/c1-27(2,3)20-9-5-7-11-23(20)35-16-24(33)30-31-25-19-14-18(28)12-13-22(19)32(26(25)34)15-17-8-4-6-10-21(17)29/h4-14,34H,15-16H2,1-3H3. The summed E-state index contributed by atoms with van der Waals surface area (Å²) in [6, 6.07) is 20.6. The van der Waals surface area contributed by atoms with Crippen molar-refractivity contribution in [2.45, 2.75) is 32.7 Å². The van der Waals surface area contributed by atoms with E-state index in [1.165, 1.54) is 0 Å². The number of carbonyl (C=O) groups is 1. The molecule has 1 amide bonds. The van der Waals surface area contributed by atoms with E-state index in [0.29, 0.717) is 22.7 Å². The fourth-order valence-corrected chi connectivity index (χ4v) is 4.39. The third kappa shape index (κ3) is 5.57. The molecule has 0 aliphatic carbocycles. The summed E-state index contributed by atoms with van der Waals surface area (Å²) in [5, 5.41) is 20.2. The van der Waals surface area contributed by atoms with E-state index in [1.54, 1.807) is 10.6 Å². The van der Waals surface area contributed by atoms with Gasteiger partial charge in [0.2, 0.25) is 5.88 Å². The van der Waals surface area contributed by atoms with Crippen LogP contribution in [0.4, 0.5) is 5.69 Å². The third-order valence-corrected chi connectivity index (χ3v) is 6.43. The Morgan fingerprint density at radius 3 is 2.54 bits per heavy atom. The van der Waals surface area contributed by atoms with Gasteiger partial charge in [-0.1, -0.05) is 84.7 Å². The number of azo groups is 1. The molecule has 1 heterocycles. The Balaban J connectivity index is 1.60. The van der Waals surface area contributed by atoms with E-state index in [4.69, 9.17) is 16.3 Å². The monoisotopic (exact) mass is 553 g/mol. The topological polar surface area (TPSA) is 76.2 Å². The van der Waals surface area contributed by atoms with Gasteiger partial charge in [-0.2, -0.15) is 0 Å². The first-order chi connectivity index (χ1) is 16.6. The molecule has 3 aromatic carbocycles. The summed E-state index contributed by atoms with van der Waals surface area (Å²) in [5.41, 5.74) is 2.65. The van der Waals surface area contributed by atoms with E-state index < -0.39 is 5.91 Å². The van der Waals surface area contributed by atoms with Crippen LogP contribution >= 0.6 is 27.5 Å². The maximum atomic E-state index is 12.5. The Labute approximate surface area is 217 Å². The van der Waals surface area contributed by atoms with Crippen LogP contribution in [-0.2, 0) is 16.8 Å². The molecule has 8 heteroatoms. The molecular weight excluding hydrogens is 530 g/mol. The van der Waals surface area contributed by atoms with E-state index in [1.807, 2.05) is 60.7 Å². The van der Waals surface area contributed by atoms with E-state index in [-0.39, 0.29) is 23.6 Å². The number of para-hydroxylation sites is 1. The van der Waals surface area contributed by atoms with Crippen LogP contribution in [0.15, 0.2) is 81.4 Å². The molecule has 0 saturated carbocycles. The lowest BCUT2D eigenvalue weighted by molar-refractivity contribution is -0.120. The van der Waals surface area contributed by atoms with E-state index >= 15 is 0 Å². The number of fused-ring (bicyclic) bond motifs is 1. The SMILES string of the molecule is CC(C)(C)c1ccccc1OCC(=O)N=Nc1c(O)n(Cc2ccccc2Cl)c2ccc(Br)cc12. The van der Waals surface area contributed by atoms with Crippen molar-refractivity contribution < 1.29 is 14.6 Å². The van der Waals surface area contributed by atoms with Crippen LogP contribution in [0.5, 0.6) is 11.6 Å². The maximum absolute atomic E-state index is 12.5. The highest BCUT2D eigenvalue weighted by molar-refractivity contribution is 9.10. The zero-order valence-electron chi connectivity index (χ0n) is 19.6. The fraction of sp³-hybridized carbons (Fsp3) is 0.222. The average Bonchev–Trinajstić information content (AvgIpc) is 3.07. The molecular formula is C27H25BrClN3O3. The van der Waals surface area contributed by atoms with Gasteiger partial charge in [0.25, 0.3) is 0 Å². The van der Waals surface area contributed by atoms with Gasteiger partial charge in [-0.05, 0) is 46.9 Å². The van der Waals surface area contributed by atoms with Crippen LogP contribution in [0.1, 0.15) is 31.9 Å². The molecule has 0 aliphatic rings. The molecule has 4 rings (SSSR count). The molecule has 0 aliphatic heterocycles. The summed E-state index contributed by atoms with van der Waals surface area (Å²) in [5.74, 6) is -0.0321. The van der Waals surface area contributed by atoms with Crippen molar-refractivity contribution in [1.29, 1.82) is 0 Å². The van der Waals surface area contributed by atoms with Gasteiger partial charge in [0.05, 0.1) is 12.1 Å². The minimum atomic E-state index is -0.560. The fourth-order valence-electron chi connectivity index (χ4n) is 3.84. The molecule has 180 valence electrons. The van der Waals surface area contributed by atoms with Gasteiger partial charge < -0.3 is 14.4 Å². The van der Waals surface area contributed by atoms with Crippen LogP contribution in [0, 0.1) is 0 Å². The number of benzene rings is 3. The van der Waals surface area contributed by atoms with E-state index in [0.717, 1.165) is 21.1 Å². The number of rotatable bonds is 6. The predicted octanol–water partition coefficient (Wildman–Crippen LogP) is 7.80. The Morgan fingerprint density at radius 2 is 1.80 bits per heavy atom. The first-order valence-electron chi connectivity index (χ1n) is 11.1. The van der Waals surface area contributed by atoms with Crippen molar-refractivity contribution in [3.63, 3.8) is 0 Å². The van der Waals surface area contributed by atoms with Crippen LogP contribution in [0.3, 0.4) is 0 Å². The highest BCUT2D eigenvalue weighted by atomic mass is 79.9. The number of aromatic hydroxyl groups is 1. The Bertz CT molecular complexity index is 1420. The number of halogens is 2. The minimum absolute atomic E-state index is 0.103. The summed E-state index contributed by atoms with van der Waals surface area (Å²) in [4.78, 5) is 12.5. The molecule has 0 spiro atoms. The normalized spacial score (nSPS) is 11.9. The summed E-state index contributed by atoms with van der Waals surface area (Å²) < 4.78 is 8.26. The number of amides is 1. The lowest BCUT2D eigenvalue weighted by atomic mass is 9.86. The molecule has 35 heavy (non-hydrogen) atoms. The van der Waals surface area contributed by atoms with Gasteiger partial charge in [0, 0.05) is 14.9 Å². The molecule has 0 atom stereocenters. The van der Waals surface area contributed by atoms with Crippen molar-refractivity contribution in [2.75, 3.05) is 6.61 Å². The largest absolute Gasteiger partial charge is 0.493 e. The average molecular weight is 555 g/mol. The van der Waals surface area contributed by atoms with Gasteiger partial charge in [0.15, 0.2) is 12.3 Å². The first kappa shape index (κ1) is 24.9. The molecule has 0 bridgehead atoms. The highest BCUT2D eigenvalue weighted by Gasteiger charge is 2.20. The highest BCUT2D eigenvalue weighted by Crippen LogP contribution is 2.41. The first-order valence-corrected chi connectivity index (χ1v) is 12.2. The quantitative estimate of drug-likeness (QED) is 0.247. The number of hydrogen-bond acceptors (Lipinski definition) is 4. The van der Waals surface area contributed by atoms with E-state index in [2.05, 4.69) is 46.9 Å². The molecule has 6 nitrogen and oxygen atoms in total. The lowest BCUT2D eigenvalue weighted by Gasteiger charge is -2.22. The minimum Gasteiger partial charge on any atom is -0.493 e. The molecule has 0 unspecified atom stereocenters. The van der Waals surface area contributed by atoms with E-state index in [9.17, 15) is 9.90 Å². The Kier molecular flexibility index (Phi) is 7.28. The van der Waals surface area contributed by atoms with Crippen LogP contribution in [0.2, 0.25) is 5.02 Å². The maximum Gasteiger partial charge on any atom is 0.302 e. The summed E-state index contributed by atoms with van der Waals surface area (Å²) in [6.45, 7) is 6.31. The van der Waals surface area contributed by atoms with Crippen LogP contribution in [0.25, 0.3) is 10.9 Å². The van der Waals surface area contributed by atoms with Gasteiger partial charge in [0.1, 0.15) is 5.75 Å². The number of aromatic nitrogens is 1.